The van der Waals surface area contributed by atoms with Crippen molar-refractivity contribution in [2.75, 3.05) is 13.1 Å². The molecule has 1 amide bonds. The van der Waals surface area contributed by atoms with Gasteiger partial charge in [0.15, 0.2) is 5.96 Å². The molecule has 0 unspecified atom stereocenters. The molecule has 0 aliphatic rings. The molecule has 7 heteroatoms. The van der Waals surface area contributed by atoms with Crippen LogP contribution in [-0.4, -0.2) is 25.0 Å². The Morgan fingerprint density at radius 1 is 1.00 bits per heavy atom. The molecule has 2 aromatic rings. The van der Waals surface area contributed by atoms with E-state index in [9.17, 15) is 4.79 Å². The molecule has 3 N–H and O–H groups in total. The minimum absolute atomic E-state index is 0. The molecule has 2 aromatic carbocycles. The summed E-state index contributed by atoms with van der Waals surface area (Å²) in [6.07, 6.45) is 0.383. The molecule has 0 saturated heterocycles. The second kappa shape index (κ2) is 13.4. The molecule has 0 radical (unpaired) electrons. The normalized spacial score (nSPS) is 10.7. The molecule has 0 aliphatic carbocycles. The molecule has 0 bridgehead atoms. The smallest absolute Gasteiger partial charge is 0.222 e. The first-order valence-corrected chi connectivity index (χ1v) is 9.12. The predicted octanol–water partition coefficient (Wildman–Crippen LogP) is 3.72. The van der Waals surface area contributed by atoms with Crippen LogP contribution in [0.3, 0.4) is 0 Å². The van der Waals surface area contributed by atoms with Gasteiger partial charge >= 0.3 is 0 Å². The number of rotatable bonds is 8. The van der Waals surface area contributed by atoms with Crippen LogP contribution in [0.2, 0.25) is 5.02 Å². The summed E-state index contributed by atoms with van der Waals surface area (Å²) in [5.74, 6) is 0.690. The van der Waals surface area contributed by atoms with Crippen molar-refractivity contribution in [3.8, 4) is 0 Å². The number of nitrogens with one attached hydrogen (secondary N) is 3. The summed E-state index contributed by atoms with van der Waals surface area (Å²) < 4.78 is 0. The molecule has 5 nitrogen and oxygen atoms in total. The van der Waals surface area contributed by atoms with Crippen LogP contribution < -0.4 is 16.0 Å². The van der Waals surface area contributed by atoms with Crippen molar-refractivity contribution < 1.29 is 4.79 Å². The highest BCUT2D eigenvalue weighted by atomic mass is 127. The van der Waals surface area contributed by atoms with E-state index in [-0.39, 0.29) is 29.9 Å². The zero-order valence-electron chi connectivity index (χ0n) is 15.4. The van der Waals surface area contributed by atoms with Gasteiger partial charge < -0.3 is 16.0 Å². The van der Waals surface area contributed by atoms with E-state index < -0.39 is 0 Å². The van der Waals surface area contributed by atoms with Gasteiger partial charge in [-0.2, -0.15) is 0 Å². The van der Waals surface area contributed by atoms with Crippen LogP contribution in [0.25, 0.3) is 0 Å². The van der Waals surface area contributed by atoms with Gasteiger partial charge in [-0.25, -0.2) is 4.99 Å². The lowest BCUT2D eigenvalue weighted by molar-refractivity contribution is -0.121. The van der Waals surface area contributed by atoms with Crippen molar-refractivity contribution in [1.82, 2.24) is 16.0 Å². The summed E-state index contributed by atoms with van der Waals surface area (Å²) in [7, 11) is 0. The quantitative estimate of drug-likeness (QED) is 0.294. The van der Waals surface area contributed by atoms with Gasteiger partial charge in [0, 0.05) is 31.1 Å². The second-order valence-electron chi connectivity index (χ2n) is 5.76. The maximum atomic E-state index is 11.9. The Kier molecular flexibility index (Phi) is 11.5. The van der Waals surface area contributed by atoms with Gasteiger partial charge in [0.25, 0.3) is 0 Å². The van der Waals surface area contributed by atoms with E-state index in [0.29, 0.717) is 37.0 Å². The lowest BCUT2D eigenvalue weighted by Crippen LogP contribution is -2.39. The monoisotopic (exact) mass is 500 g/mol. The fourth-order valence-corrected chi connectivity index (χ4v) is 2.54. The highest BCUT2D eigenvalue weighted by Crippen LogP contribution is 2.11. The van der Waals surface area contributed by atoms with Crippen molar-refractivity contribution in [3.05, 3.63) is 70.7 Å². The zero-order chi connectivity index (χ0) is 18.6. The minimum Gasteiger partial charge on any atom is -0.357 e. The Hall–Kier alpha value is -1.80. The van der Waals surface area contributed by atoms with Crippen molar-refractivity contribution in [2.45, 2.75) is 26.4 Å². The minimum atomic E-state index is 0. The molecule has 146 valence electrons. The third kappa shape index (κ3) is 9.63. The molecule has 0 saturated carbocycles. The summed E-state index contributed by atoms with van der Waals surface area (Å²) >= 11 is 5.99. The van der Waals surface area contributed by atoms with E-state index in [2.05, 4.69) is 20.9 Å². The summed E-state index contributed by atoms with van der Waals surface area (Å²) in [6.45, 7) is 4.34. The summed E-state index contributed by atoms with van der Waals surface area (Å²) in [5.41, 5.74) is 2.13. The van der Waals surface area contributed by atoms with Crippen molar-refractivity contribution in [2.24, 2.45) is 4.99 Å². The van der Waals surface area contributed by atoms with Gasteiger partial charge in [0.05, 0.1) is 6.54 Å². The van der Waals surface area contributed by atoms with E-state index in [4.69, 9.17) is 11.6 Å². The van der Waals surface area contributed by atoms with Gasteiger partial charge in [-0.3, -0.25) is 4.79 Å². The fourth-order valence-electron chi connectivity index (χ4n) is 2.33. The molecule has 0 atom stereocenters. The van der Waals surface area contributed by atoms with Crippen molar-refractivity contribution in [3.63, 3.8) is 0 Å². The summed E-state index contributed by atoms with van der Waals surface area (Å²) in [4.78, 5) is 16.5. The van der Waals surface area contributed by atoms with Gasteiger partial charge in [-0.1, -0.05) is 54.1 Å². The Morgan fingerprint density at radius 3 is 2.44 bits per heavy atom. The zero-order valence-corrected chi connectivity index (χ0v) is 18.5. The maximum absolute atomic E-state index is 11.9. The van der Waals surface area contributed by atoms with Gasteiger partial charge in [0.1, 0.15) is 0 Å². The number of amides is 1. The third-order valence-electron chi connectivity index (χ3n) is 3.63. The number of carbonyl (C=O) groups is 1. The lowest BCUT2D eigenvalue weighted by Gasteiger charge is -2.11. The number of halogens is 2. The molecule has 0 aliphatic heterocycles. The molecule has 27 heavy (non-hydrogen) atoms. The molecular formula is C20H26ClIN4O. The Labute approximate surface area is 183 Å². The predicted molar refractivity (Wildman–Crippen MR) is 123 cm³/mol. The Balaban J connectivity index is 0.00000364. The number of carbonyl (C=O) groups excluding carboxylic acids is 1. The van der Waals surface area contributed by atoms with Crippen LogP contribution in [-0.2, 0) is 17.9 Å². The second-order valence-corrected chi connectivity index (χ2v) is 6.20. The first kappa shape index (κ1) is 23.2. The maximum Gasteiger partial charge on any atom is 0.222 e. The number of nitrogens with zero attached hydrogens (tertiary/aromatic N) is 1. The highest BCUT2D eigenvalue weighted by Gasteiger charge is 2.03. The van der Waals surface area contributed by atoms with E-state index in [1.165, 1.54) is 0 Å². The van der Waals surface area contributed by atoms with E-state index in [1.54, 1.807) is 0 Å². The average Bonchev–Trinajstić information content (AvgIpc) is 2.65. The molecular weight excluding hydrogens is 475 g/mol. The van der Waals surface area contributed by atoms with E-state index in [0.717, 1.165) is 17.7 Å². The molecule has 0 spiro atoms. The number of aliphatic imine (C=N–C) groups is 1. The first-order chi connectivity index (χ1) is 12.7. The topological polar surface area (TPSA) is 65.5 Å². The van der Waals surface area contributed by atoms with Crippen LogP contribution >= 0.6 is 35.6 Å². The summed E-state index contributed by atoms with van der Waals surface area (Å²) in [6, 6.07) is 17.5. The number of guanidine groups is 1. The number of hydrogen-bond acceptors (Lipinski definition) is 2. The average molecular weight is 501 g/mol. The van der Waals surface area contributed by atoms with Gasteiger partial charge in [-0.15, -0.1) is 24.0 Å². The number of benzene rings is 2. The highest BCUT2D eigenvalue weighted by molar-refractivity contribution is 14.0. The Morgan fingerprint density at radius 2 is 1.74 bits per heavy atom. The third-order valence-corrected chi connectivity index (χ3v) is 3.87. The standard InChI is InChI=1S/C20H25ClN4O.HI/c1-2-22-20(25-15-17-9-6-10-18(21)13-17)23-12-11-19(26)24-14-16-7-4-3-5-8-16;/h3-10,13H,2,11-12,14-15H2,1H3,(H,24,26)(H2,22,23,25);1H. The van der Waals surface area contributed by atoms with Crippen LogP contribution in [0, 0.1) is 0 Å². The summed E-state index contributed by atoms with van der Waals surface area (Å²) in [5, 5.41) is 9.97. The molecule has 0 heterocycles. The van der Waals surface area contributed by atoms with Gasteiger partial charge in [-0.05, 0) is 30.2 Å². The SMILES string of the molecule is CCNC(=NCc1cccc(Cl)c1)NCCC(=O)NCc1ccccc1.I. The molecule has 0 aromatic heterocycles. The van der Waals surface area contributed by atoms with Crippen LogP contribution in [0.15, 0.2) is 59.6 Å². The molecule has 2 rings (SSSR count). The largest absolute Gasteiger partial charge is 0.357 e. The lowest BCUT2D eigenvalue weighted by atomic mass is 10.2. The van der Waals surface area contributed by atoms with Crippen molar-refractivity contribution in [1.29, 1.82) is 0 Å². The molecule has 0 fully saturated rings. The van der Waals surface area contributed by atoms with Crippen LogP contribution in [0.4, 0.5) is 0 Å². The van der Waals surface area contributed by atoms with E-state index in [1.807, 2.05) is 61.5 Å². The number of hydrogen-bond donors (Lipinski definition) is 3. The van der Waals surface area contributed by atoms with E-state index >= 15 is 0 Å². The van der Waals surface area contributed by atoms with Crippen LogP contribution in [0.1, 0.15) is 24.5 Å². The van der Waals surface area contributed by atoms with Gasteiger partial charge in [0.2, 0.25) is 5.91 Å². The van der Waals surface area contributed by atoms with Crippen LogP contribution in [0.5, 0.6) is 0 Å². The Bertz CT molecular complexity index is 725. The fraction of sp³-hybridized carbons (Fsp3) is 0.300. The first-order valence-electron chi connectivity index (χ1n) is 8.74. The van der Waals surface area contributed by atoms with Crippen molar-refractivity contribution >= 4 is 47.4 Å².